The van der Waals surface area contributed by atoms with Crippen LogP contribution in [0.3, 0.4) is 0 Å². The Morgan fingerprint density at radius 3 is 2.31 bits per heavy atom. The molecule has 142 valence electrons. The number of hydrogen-bond donors (Lipinski definition) is 1. The van der Waals surface area contributed by atoms with E-state index >= 15 is 0 Å². The molecule has 26 heavy (non-hydrogen) atoms. The number of carbonyl (C=O) groups excluding carboxylic acids is 1. The molecule has 0 aliphatic heterocycles. The van der Waals surface area contributed by atoms with E-state index in [0.29, 0.717) is 25.9 Å². The molecule has 1 aromatic rings. The summed E-state index contributed by atoms with van der Waals surface area (Å²) in [5.74, 6) is -0.398. The van der Waals surface area contributed by atoms with E-state index in [4.69, 9.17) is 0 Å². The highest BCUT2D eigenvalue weighted by molar-refractivity contribution is 7.89. The molecule has 0 radical (unpaired) electrons. The van der Waals surface area contributed by atoms with E-state index in [1.165, 1.54) is 0 Å². The highest BCUT2D eigenvalue weighted by Gasteiger charge is 2.35. The summed E-state index contributed by atoms with van der Waals surface area (Å²) in [7, 11) is -3.65. The lowest BCUT2D eigenvalue weighted by Crippen LogP contribution is -2.49. The van der Waals surface area contributed by atoms with Gasteiger partial charge in [0.25, 0.3) is 0 Å². The molecule has 0 spiro atoms. The van der Waals surface area contributed by atoms with E-state index in [1.807, 2.05) is 6.92 Å². The van der Waals surface area contributed by atoms with Crippen molar-refractivity contribution in [3.05, 3.63) is 55.1 Å². The van der Waals surface area contributed by atoms with Gasteiger partial charge in [-0.3, -0.25) is 4.79 Å². The Bertz CT molecular complexity index is 731. The Kier molecular flexibility index (Phi) is 7.17. The van der Waals surface area contributed by atoms with Crippen molar-refractivity contribution in [2.45, 2.75) is 43.5 Å². The highest BCUT2D eigenvalue weighted by atomic mass is 32.2. The van der Waals surface area contributed by atoms with Crippen LogP contribution in [0.1, 0.15) is 31.2 Å². The van der Waals surface area contributed by atoms with Crippen molar-refractivity contribution in [3.63, 3.8) is 0 Å². The van der Waals surface area contributed by atoms with Gasteiger partial charge in [-0.25, -0.2) is 13.1 Å². The van der Waals surface area contributed by atoms with Crippen molar-refractivity contribution in [1.29, 1.82) is 0 Å². The van der Waals surface area contributed by atoms with E-state index < -0.39 is 10.0 Å². The Morgan fingerprint density at radius 2 is 1.73 bits per heavy atom. The Balaban J connectivity index is 2.19. The molecule has 2 atom stereocenters. The molecule has 0 bridgehead atoms. The molecule has 0 heterocycles. The fourth-order valence-electron chi connectivity index (χ4n) is 3.35. The predicted molar refractivity (Wildman–Crippen MR) is 104 cm³/mol. The first-order valence-corrected chi connectivity index (χ1v) is 10.5. The van der Waals surface area contributed by atoms with Gasteiger partial charge in [0.2, 0.25) is 15.9 Å². The van der Waals surface area contributed by atoms with Crippen molar-refractivity contribution in [2.24, 2.45) is 5.92 Å². The van der Waals surface area contributed by atoms with Crippen LogP contribution in [0.4, 0.5) is 0 Å². The maximum Gasteiger partial charge on any atom is 0.240 e. The van der Waals surface area contributed by atoms with E-state index in [-0.39, 0.29) is 22.8 Å². The summed E-state index contributed by atoms with van der Waals surface area (Å²) in [5, 5.41) is 0. The third-order valence-corrected chi connectivity index (χ3v) is 6.24. The predicted octanol–water partition coefficient (Wildman–Crippen LogP) is 3.03. The van der Waals surface area contributed by atoms with Crippen LogP contribution in [-0.2, 0) is 14.8 Å². The molecule has 0 aromatic heterocycles. The molecule has 5 nitrogen and oxygen atoms in total. The van der Waals surface area contributed by atoms with Crippen molar-refractivity contribution >= 4 is 15.9 Å². The topological polar surface area (TPSA) is 66.5 Å². The van der Waals surface area contributed by atoms with Gasteiger partial charge in [-0.05, 0) is 31.9 Å². The van der Waals surface area contributed by atoms with Gasteiger partial charge in [0.05, 0.1) is 10.8 Å². The van der Waals surface area contributed by atoms with Crippen LogP contribution in [0.5, 0.6) is 0 Å². The lowest BCUT2D eigenvalue weighted by atomic mass is 9.84. The molecule has 1 amide bonds. The van der Waals surface area contributed by atoms with Crippen LogP contribution in [-0.4, -0.2) is 38.4 Å². The summed E-state index contributed by atoms with van der Waals surface area (Å²) in [6.45, 7) is 10.2. The van der Waals surface area contributed by atoms with Crippen molar-refractivity contribution in [1.82, 2.24) is 9.62 Å². The zero-order valence-electron chi connectivity index (χ0n) is 15.4. The largest absolute Gasteiger partial charge is 0.335 e. The van der Waals surface area contributed by atoms with E-state index in [2.05, 4.69) is 17.9 Å². The molecular formula is C20H28N2O3S. The van der Waals surface area contributed by atoms with Crippen LogP contribution < -0.4 is 4.72 Å². The van der Waals surface area contributed by atoms with Gasteiger partial charge in [0, 0.05) is 19.1 Å². The number of amides is 1. The molecule has 1 aliphatic rings. The summed E-state index contributed by atoms with van der Waals surface area (Å²) < 4.78 is 28.2. The number of rotatable bonds is 8. The minimum Gasteiger partial charge on any atom is -0.335 e. The highest BCUT2D eigenvalue weighted by Crippen LogP contribution is 2.28. The van der Waals surface area contributed by atoms with Crippen LogP contribution in [0, 0.1) is 12.8 Å². The second kappa shape index (κ2) is 9.14. The zero-order valence-corrected chi connectivity index (χ0v) is 16.2. The molecule has 1 aliphatic carbocycles. The number of nitrogens with one attached hydrogen (secondary N) is 1. The average Bonchev–Trinajstić information content (AvgIpc) is 2.61. The summed E-state index contributed by atoms with van der Waals surface area (Å²) in [6, 6.07) is 6.35. The molecular weight excluding hydrogens is 348 g/mol. The van der Waals surface area contributed by atoms with E-state index in [0.717, 1.165) is 18.4 Å². The van der Waals surface area contributed by atoms with Crippen molar-refractivity contribution < 1.29 is 13.2 Å². The first kappa shape index (κ1) is 20.4. The first-order valence-electron chi connectivity index (χ1n) is 8.98. The SMILES string of the molecule is C=CCN(CC=C)C(=O)[C@@H]1CCCC[C@H]1NS(=O)(=O)c1ccc(C)cc1. The lowest BCUT2D eigenvalue weighted by molar-refractivity contribution is -0.136. The Labute approximate surface area is 156 Å². The minimum atomic E-state index is -3.65. The standard InChI is InChI=1S/C20H28N2O3S/c1-4-14-22(15-5-2)20(23)18-8-6-7-9-19(18)21-26(24,25)17-12-10-16(3)11-13-17/h4-5,10-13,18-19,21H,1-2,6-9,14-15H2,3H3/t18-,19-/m1/s1. The maximum atomic E-state index is 13.0. The van der Waals surface area contributed by atoms with Gasteiger partial charge in [0.1, 0.15) is 0 Å². The normalized spacial score (nSPS) is 20.3. The Hall–Kier alpha value is -1.92. The van der Waals surface area contributed by atoms with Crippen LogP contribution >= 0.6 is 0 Å². The van der Waals surface area contributed by atoms with Crippen molar-refractivity contribution in [2.75, 3.05) is 13.1 Å². The van der Waals surface area contributed by atoms with Gasteiger partial charge < -0.3 is 4.90 Å². The van der Waals surface area contributed by atoms with Crippen LogP contribution in [0.25, 0.3) is 0 Å². The average molecular weight is 377 g/mol. The van der Waals surface area contributed by atoms with E-state index in [1.54, 1.807) is 41.3 Å². The quantitative estimate of drug-likeness (QED) is 0.709. The van der Waals surface area contributed by atoms with Crippen LogP contribution in [0.15, 0.2) is 54.5 Å². The molecule has 1 N–H and O–H groups in total. The second-order valence-electron chi connectivity index (χ2n) is 6.75. The summed E-state index contributed by atoms with van der Waals surface area (Å²) in [4.78, 5) is 14.9. The summed E-state index contributed by atoms with van der Waals surface area (Å²) in [6.07, 6.45) is 6.54. The summed E-state index contributed by atoms with van der Waals surface area (Å²) >= 11 is 0. The monoisotopic (exact) mass is 376 g/mol. The fraction of sp³-hybridized carbons (Fsp3) is 0.450. The number of benzene rings is 1. The number of sulfonamides is 1. The second-order valence-corrected chi connectivity index (χ2v) is 8.47. The van der Waals surface area contributed by atoms with E-state index in [9.17, 15) is 13.2 Å². The molecule has 0 unspecified atom stereocenters. The van der Waals surface area contributed by atoms with Gasteiger partial charge in [0.15, 0.2) is 0 Å². The maximum absolute atomic E-state index is 13.0. The van der Waals surface area contributed by atoms with Crippen LogP contribution in [0.2, 0.25) is 0 Å². The zero-order chi connectivity index (χ0) is 19.2. The van der Waals surface area contributed by atoms with Crippen molar-refractivity contribution in [3.8, 4) is 0 Å². The third kappa shape index (κ3) is 5.05. The summed E-state index contributed by atoms with van der Waals surface area (Å²) in [5.41, 5.74) is 0.999. The van der Waals surface area contributed by atoms with Gasteiger partial charge in [-0.2, -0.15) is 0 Å². The number of nitrogens with zero attached hydrogens (tertiary/aromatic N) is 1. The van der Waals surface area contributed by atoms with Gasteiger partial charge in [-0.15, -0.1) is 13.2 Å². The molecule has 0 saturated heterocycles. The number of aryl methyl sites for hydroxylation is 1. The molecule has 6 heteroatoms. The lowest BCUT2D eigenvalue weighted by Gasteiger charge is -2.34. The fourth-order valence-corrected chi connectivity index (χ4v) is 4.66. The number of carbonyl (C=O) groups is 1. The third-order valence-electron chi connectivity index (χ3n) is 4.73. The van der Waals surface area contributed by atoms with Gasteiger partial charge >= 0.3 is 0 Å². The molecule has 2 rings (SSSR count). The number of hydrogen-bond acceptors (Lipinski definition) is 3. The minimum absolute atomic E-state index is 0.0406. The Morgan fingerprint density at radius 1 is 1.15 bits per heavy atom. The molecule has 1 aromatic carbocycles. The van der Waals surface area contributed by atoms with Gasteiger partial charge in [-0.1, -0.05) is 42.7 Å². The molecule has 1 saturated carbocycles. The smallest absolute Gasteiger partial charge is 0.240 e. The molecule has 1 fully saturated rings. The first-order chi connectivity index (χ1) is 12.4.